The normalized spacial score (nSPS) is 15.5. The number of carbonyl (C=O) groups is 1. The minimum Gasteiger partial charge on any atom is -0.497 e. The summed E-state index contributed by atoms with van der Waals surface area (Å²) in [4.78, 5) is 14.2. The zero-order chi connectivity index (χ0) is 18.3. The average Bonchev–Trinajstić information content (AvgIpc) is 2.53. The van der Waals surface area contributed by atoms with Gasteiger partial charge >= 0.3 is 6.09 Å². The number of ether oxygens (including phenoxy) is 4. The van der Waals surface area contributed by atoms with Crippen LogP contribution in [0.5, 0.6) is 11.5 Å². The Bertz CT molecular complexity index is 565. The lowest BCUT2D eigenvalue weighted by molar-refractivity contribution is 0.0322. The van der Waals surface area contributed by atoms with Crippen molar-refractivity contribution in [3.05, 3.63) is 18.2 Å². The fourth-order valence-electron chi connectivity index (χ4n) is 2.38. The predicted octanol–water partition coefficient (Wildman–Crippen LogP) is 2.75. The Morgan fingerprint density at radius 1 is 1.20 bits per heavy atom. The molecule has 1 aromatic carbocycles. The Kier molecular flexibility index (Phi) is 6.90. The number of hydrogen-bond donors (Lipinski definition) is 1. The summed E-state index contributed by atoms with van der Waals surface area (Å²) in [6, 6.07) is 5.27. The number of morpholine rings is 1. The maximum atomic E-state index is 11.9. The topological polar surface area (TPSA) is 69.3 Å². The van der Waals surface area contributed by atoms with Crippen LogP contribution in [-0.4, -0.2) is 63.2 Å². The van der Waals surface area contributed by atoms with Crippen LogP contribution in [0, 0.1) is 0 Å². The van der Waals surface area contributed by atoms with Gasteiger partial charge in [0.05, 0.1) is 26.0 Å². The summed E-state index contributed by atoms with van der Waals surface area (Å²) in [6.07, 6.45) is -0.514. The molecule has 1 heterocycles. The SMILES string of the molecule is COc1cc(NC(=O)OC(C)(C)C)cc(OCCN2CCOCC2)c1. The van der Waals surface area contributed by atoms with E-state index >= 15 is 0 Å². The number of benzene rings is 1. The second-order valence-corrected chi connectivity index (χ2v) is 6.83. The third-order valence-electron chi connectivity index (χ3n) is 3.54. The summed E-state index contributed by atoms with van der Waals surface area (Å²) in [5.41, 5.74) is 0.00967. The molecule has 2 rings (SSSR count). The molecule has 0 aliphatic carbocycles. The molecule has 1 aliphatic rings. The van der Waals surface area contributed by atoms with Crippen molar-refractivity contribution < 1.29 is 23.7 Å². The molecule has 0 saturated carbocycles. The largest absolute Gasteiger partial charge is 0.497 e. The Balaban J connectivity index is 1.92. The summed E-state index contributed by atoms with van der Waals surface area (Å²) < 4.78 is 21.7. The van der Waals surface area contributed by atoms with Gasteiger partial charge in [0.1, 0.15) is 23.7 Å². The van der Waals surface area contributed by atoms with Gasteiger partial charge < -0.3 is 18.9 Å². The molecule has 0 atom stereocenters. The molecule has 7 heteroatoms. The lowest BCUT2D eigenvalue weighted by Gasteiger charge is -2.26. The highest BCUT2D eigenvalue weighted by Crippen LogP contribution is 2.26. The summed E-state index contributed by atoms with van der Waals surface area (Å²) in [7, 11) is 1.57. The predicted molar refractivity (Wildman–Crippen MR) is 95.6 cm³/mol. The molecule has 0 spiro atoms. The lowest BCUT2D eigenvalue weighted by Crippen LogP contribution is -2.38. The van der Waals surface area contributed by atoms with E-state index in [1.165, 1.54) is 0 Å². The highest BCUT2D eigenvalue weighted by atomic mass is 16.6. The second-order valence-electron chi connectivity index (χ2n) is 6.83. The van der Waals surface area contributed by atoms with E-state index in [0.717, 1.165) is 32.8 Å². The molecular formula is C18H28N2O5. The summed E-state index contributed by atoms with van der Waals surface area (Å²) >= 11 is 0. The summed E-state index contributed by atoms with van der Waals surface area (Å²) in [5.74, 6) is 1.24. The summed E-state index contributed by atoms with van der Waals surface area (Å²) in [5, 5.41) is 2.71. The van der Waals surface area contributed by atoms with E-state index in [2.05, 4.69) is 10.2 Å². The third-order valence-corrected chi connectivity index (χ3v) is 3.54. The van der Waals surface area contributed by atoms with Crippen molar-refractivity contribution in [2.45, 2.75) is 26.4 Å². The van der Waals surface area contributed by atoms with Crippen molar-refractivity contribution >= 4 is 11.8 Å². The maximum Gasteiger partial charge on any atom is 0.412 e. The molecule has 0 aromatic heterocycles. The first kappa shape index (κ1) is 19.3. The molecular weight excluding hydrogens is 324 g/mol. The van der Waals surface area contributed by atoms with Crippen LogP contribution >= 0.6 is 0 Å². The van der Waals surface area contributed by atoms with Gasteiger partial charge in [-0.25, -0.2) is 4.79 Å². The van der Waals surface area contributed by atoms with E-state index in [1.807, 2.05) is 20.8 Å². The maximum absolute atomic E-state index is 11.9. The number of rotatable bonds is 6. The number of amides is 1. The average molecular weight is 352 g/mol. The molecule has 1 N–H and O–H groups in total. The van der Waals surface area contributed by atoms with Crippen LogP contribution in [-0.2, 0) is 9.47 Å². The molecule has 1 fully saturated rings. The Hall–Kier alpha value is -1.99. The Labute approximate surface area is 149 Å². The Morgan fingerprint density at radius 2 is 1.88 bits per heavy atom. The van der Waals surface area contributed by atoms with Gasteiger partial charge in [0.15, 0.2) is 0 Å². The molecule has 1 aromatic rings. The molecule has 1 aliphatic heterocycles. The standard InChI is InChI=1S/C18H28N2O5/c1-18(2,3)25-17(21)19-14-11-15(22-4)13-16(12-14)24-10-7-20-5-8-23-9-6-20/h11-13H,5-10H2,1-4H3,(H,19,21). The van der Waals surface area contributed by atoms with Gasteiger partial charge in [-0.1, -0.05) is 0 Å². The third kappa shape index (κ3) is 7.19. The number of hydrogen-bond acceptors (Lipinski definition) is 6. The van der Waals surface area contributed by atoms with Gasteiger partial charge in [0, 0.05) is 37.8 Å². The van der Waals surface area contributed by atoms with E-state index in [1.54, 1.807) is 25.3 Å². The monoisotopic (exact) mass is 352 g/mol. The van der Waals surface area contributed by atoms with E-state index in [4.69, 9.17) is 18.9 Å². The van der Waals surface area contributed by atoms with E-state index in [-0.39, 0.29) is 0 Å². The molecule has 0 bridgehead atoms. The molecule has 1 amide bonds. The first-order valence-corrected chi connectivity index (χ1v) is 8.48. The van der Waals surface area contributed by atoms with Crippen LogP contribution in [0.2, 0.25) is 0 Å². The van der Waals surface area contributed by atoms with Crippen molar-refractivity contribution in [2.24, 2.45) is 0 Å². The van der Waals surface area contributed by atoms with Crippen LogP contribution in [0.25, 0.3) is 0 Å². The molecule has 1 saturated heterocycles. The van der Waals surface area contributed by atoms with Crippen molar-refractivity contribution in [2.75, 3.05) is 51.9 Å². The van der Waals surface area contributed by atoms with Gasteiger partial charge in [-0.15, -0.1) is 0 Å². The highest BCUT2D eigenvalue weighted by molar-refractivity contribution is 5.85. The second kappa shape index (κ2) is 8.92. The van der Waals surface area contributed by atoms with Gasteiger partial charge in [-0.3, -0.25) is 10.2 Å². The first-order valence-electron chi connectivity index (χ1n) is 8.48. The van der Waals surface area contributed by atoms with Crippen molar-refractivity contribution in [3.63, 3.8) is 0 Å². The van der Waals surface area contributed by atoms with Gasteiger partial charge in [0.25, 0.3) is 0 Å². The van der Waals surface area contributed by atoms with Crippen molar-refractivity contribution in [1.29, 1.82) is 0 Å². The molecule has 140 valence electrons. The fraction of sp³-hybridized carbons (Fsp3) is 0.611. The zero-order valence-corrected chi connectivity index (χ0v) is 15.5. The Morgan fingerprint density at radius 3 is 2.52 bits per heavy atom. The van der Waals surface area contributed by atoms with Crippen molar-refractivity contribution in [3.8, 4) is 11.5 Å². The van der Waals surface area contributed by atoms with Crippen LogP contribution in [0.3, 0.4) is 0 Å². The number of carbonyl (C=O) groups excluding carboxylic acids is 1. The molecule has 0 radical (unpaired) electrons. The first-order chi connectivity index (χ1) is 11.9. The van der Waals surface area contributed by atoms with Crippen LogP contribution in [0.4, 0.5) is 10.5 Å². The molecule has 7 nitrogen and oxygen atoms in total. The molecule has 25 heavy (non-hydrogen) atoms. The molecule has 0 unspecified atom stereocenters. The van der Waals surface area contributed by atoms with Crippen molar-refractivity contribution in [1.82, 2.24) is 4.90 Å². The number of anilines is 1. The van der Waals surface area contributed by atoms with E-state index < -0.39 is 11.7 Å². The fourth-order valence-corrected chi connectivity index (χ4v) is 2.38. The number of nitrogens with zero attached hydrogens (tertiary/aromatic N) is 1. The zero-order valence-electron chi connectivity index (χ0n) is 15.5. The number of nitrogens with one attached hydrogen (secondary N) is 1. The lowest BCUT2D eigenvalue weighted by atomic mass is 10.2. The van der Waals surface area contributed by atoms with E-state index in [9.17, 15) is 4.79 Å². The smallest absolute Gasteiger partial charge is 0.412 e. The quantitative estimate of drug-likeness (QED) is 0.849. The van der Waals surface area contributed by atoms with Crippen LogP contribution in [0.15, 0.2) is 18.2 Å². The van der Waals surface area contributed by atoms with Crippen LogP contribution < -0.4 is 14.8 Å². The van der Waals surface area contributed by atoms with E-state index in [0.29, 0.717) is 23.8 Å². The summed E-state index contributed by atoms with van der Waals surface area (Å²) in [6.45, 7) is 10.2. The van der Waals surface area contributed by atoms with Gasteiger partial charge in [-0.2, -0.15) is 0 Å². The minimum atomic E-state index is -0.555. The van der Waals surface area contributed by atoms with Gasteiger partial charge in [0.2, 0.25) is 0 Å². The highest BCUT2D eigenvalue weighted by Gasteiger charge is 2.17. The van der Waals surface area contributed by atoms with Gasteiger partial charge in [-0.05, 0) is 20.8 Å². The van der Waals surface area contributed by atoms with Crippen LogP contribution in [0.1, 0.15) is 20.8 Å². The number of methoxy groups -OCH3 is 1. The minimum absolute atomic E-state index is 0.514.